The maximum atomic E-state index is 13.5. The average molecular weight is 562 g/mol. The first-order valence-electron chi connectivity index (χ1n) is 11.4. The highest BCUT2D eigenvalue weighted by Gasteiger charge is 2.43. The molecule has 2 aliphatic heterocycles. The smallest absolute Gasteiger partial charge is 0.244 e. The molecule has 2 saturated heterocycles. The van der Waals surface area contributed by atoms with Crippen molar-refractivity contribution < 1.29 is 22.7 Å². The molecule has 190 valence electrons. The van der Waals surface area contributed by atoms with E-state index in [1.807, 2.05) is 0 Å². The number of benzene rings is 2. The summed E-state index contributed by atoms with van der Waals surface area (Å²) in [6, 6.07) is 11.3. The van der Waals surface area contributed by atoms with Crippen LogP contribution in [-0.4, -0.2) is 69.5 Å². The molecule has 0 saturated carbocycles. The number of ether oxygens (including phenoxy) is 2. The van der Waals surface area contributed by atoms with Crippen LogP contribution in [0.5, 0.6) is 5.75 Å². The summed E-state index contributed by atoms with van der Waals surface area (Å²) in [7, 11) is -3.90. The molecule has 0 bridgehead atoms. The molecule has 11 heteroatoms. The number of halogens is 3. The Hall–Kier alpha value is -1.55. The van der Waals surface area contributed by atoms with Gasteiger partial charge in [0.05, 0.1) is 24.8 Å². The van der Waals surface area contributed by atoms with Crippen molar-refractivity contribution in [2.75, 3.05) is 46.0 Å². The van der Waals surface area contributed by atoms with Gasteiger partial charge in [0.2, 0.25) is 15.9 Å². The second-order valence-electron chi connectivity index (χ2n) is 8.93. The monoisotopic (exact) mass is 560 g/mol. The topological polar surface area (TPSA) is 76.2 Å². The lowest BCUT2D eigenvalue weighted by Gasteiger charge is -2.42. The van der Waals surface area contributed by atoms with Crippen LogP contribution >= 0.6 is 34.8 Å². The summed E-state index contributed by atoms with van der Waals surface area (Å²) >= 11 is 18.2. The van der Waals surface area contributed by atoms with Crippen molar-refractivity contribution in [3.05, 3.63) is 57.5 Å². The van der Waals surface area contributed by atoms with Crippen LogP contribution in [0.15, 0.2) is 47.4 Å². The maximum Gasteiger partial charge on any atom is 0.244 e. The molecule has 0 aromatic heterocycles. The lowest BCUT2D eigenvalue weighted by Crippen LogP contribution is -2.51. The quantitative estimate of drug-likeness (QED) is 0.488. The molecular formula is C24H27Cl3N2O5S. The van der Waals surface area contributed by atoms with Gasteiger partial charge in [-0.3, -0.25) is 4.79 Å². The van der Waals surface area contributed by atoms with E-state index in [-0.39, 0.29) is 35.4 Å². The molecule has 0 aliphatic carbocycles. The van der Waals surface area contributed by atoms with E-state index in [9.17, 15) is 13.2 Å². The van der Waals surface area contributed by atoms with E-state index in [1.165, 1.54) is 22.5 Å². The number of piperidine rings is 1. The number of nitrogens with zero attached hydrogens (tertiary/aromatic N) is 2. The molecule has 1 atom stereocenters. The SMILES string of the molecule is O=C(CC1(COc2ccc(Cl)cc2)CCCN(S(=O)(=O)c2ccc(Cl)cc2Cl)C1)N1CCOCC1. The second kappa shape index (κ2) is 11.2. The average Bonchev–Trinajstić information content (AvgIpc) is 2.84. The Morgan fingerprint density at radius 3 is 2.37 bits per heavy atom. The fraction of sp³-hybridized carbons (Fsp3) is 0.458. The van der Waals surface area contributed by atoms with Crippen LogP contribution in [-0.2, 0) is 19.6 Å². The number of carbonyl (C=O) groups is 1. The normalized spacial score (nSPS) is 21.6. The van der Waals surface area contributed by atoms with Crippen LogP contribution in [0.4, 0.5) is 0 Å². The summed E-state index contributed by atoms with van der Waals surface area (Å²) in [5.74, 6) is 0.574. The summed E-state index contributed by atoms with van der Waals surface area (Å²) in [6.45, 7) is 2.69. The number of hydrogen-bond acceptors (Lipinski definition) is 5. The Morgan fingerprint density at radius 1 is 1.00 bits per heavy atom. The van der Waals surface area contributed by atoms with Gasteiger partial charge in [0, 0.05) is 48.1 Å². The molecule has 2 aromatic rings. The van der Waals surface area contributed by atoms with E-state index in [2.05, 4.69) is 0 Å². The van der Waals surface area contributed by atoms with E-state index in [0.717, 1.165) is 0 Å². The van der Waals surface area contributed by atoms with Gasteiger partial charge < -0.3 is 14.4 Å². The van der Waals surface area contributed by atoms with Gasteiger partial charge in [0.15, 0.2) is 0 Å². The van der Waals surface area contributed by atoms with Crippen molar-refractivity contribution in [2.45, 2.75) is 24.2 Å². The standard InChI is InChI=1S/C24H27Cl3N2O5S/c25-18-2-5-20(6-3-18)34-17-24(15-23(30)28-10-12-33-13-11-28)8-1-9-29(16-24)35(31,32)22-7-4-19(26)14-21(22)27/h2-7,14H,1,8-13,15-17H2. The van der Waals surface area contributed by atoms with E-state index in [4.69, 9.17) is 44.3 Å². The highest BCUT2D eigenvalue weighted by atomic mass is 35.5. The van der Waals surface area contributed by atoms with Gasteiger partial charge >= 0.3 is 0 Å². The van der Waals surface area contributed by atoms with E-state index in [1.54, 1.807) is 29.2 Å². The van der Waals surface area contributed by atoms with Crippen molar-refractivity contribution >= 4 is 50.7 Å². The zero-order chi connectivity index (χ0) is 25.1. The van der Waals surface area contributed by atoms with Gasteiger partial charge in [-0.25, -0.2) is 8.42 Å². The summed E-state index contributed by atoms with van der Waals surface area (Å²) in [4.78, 5) is 15.0. The van der Waals surface area contributed by atoms with Gasteiger partial charge in [0.25, 0.3) is 0 Å². The van der Waals surface area contributed by atoms with E-state index < -0.39 is 15.4 Å². The maximum absolute atomic E-state index is 13.5. The minimum atomic E-state index is -3.90. The van der Waals surface area contributed by atoms with Crippen molar-refractivity contribution in [3.63, 3.8) is 0 Å². The molecule has 2 aliphatic rings. The molecule has 4 rings (SSSR count). The first-order valence-corrected chi connectivity index (χ1v) is 14.0. The van der Waals surface area contributed by atoms with Crippen LogP contribution in [0.1, 0.15) is 19.3 Å². The van der Waals surface area contributed by atoms with Crippen LogP contribution in [0.3, 0.4) is 0 Å². The van der Waals surface area contributed by atoms with Gasteiger partial charge in [0.1, 0.15) is 10.6 Å². The summed E-state index contributed by atoms with van der Waals surface area (Å²) in [6.07, 6.45) is 1.41. The second-order valence-corrected chi connectivity index (χ2v) is 12.1. The number of morpholine rings is 1. The Bertz CT molecular complexity index is 1160. The molecule has 0 radical (unpaired) electrons. The zero-order valence-corrected chi connectivity index (χ0v) is 22.2. The van der Waals surface area contributed by atoms with Gasteiger partial charge in [-0.1, -0.05) is 34.8 Å². The Morgan fingerprint density at radius 2 is 1.69 bits per heavy atom. The number of rotatable bonds is 7. The minimum absolute atomic E-state index is 0.00232. The zero-order valence-electron chi connectivity index (χ0n) is 19.1. The first kappa shape index (κ1) is 26.5. The number of carbonyl (C=O) groups excluding carboxylic acids is 1. The lowest BCUT2D eigenvalue weighted by molar-refractivity contribution is -0.139. The van der Waals surface area contributed by atoms with Crippen molar-refractivity contribution in [1.29, 1.82) is 0 Å². The number of amides is 1. The lowest BCUT2D eigenvalue weighted by atomic mass is 9.78. The van der Waals surface area contributed by atoms with Crippen LogP contribution in [0.25, 0.3) is 0 Å². The Labute approximate surface area is 220 Å². The predicted molar refractivity (Wildman–Crippen MR) is 136 cm³/mol. The first-order chi connectivity index (χ1) is 16.7. The number of sulfonamides is 1. The molecule has 1 amide bonds. The molecule has 0 N–H and O–H groups in total. The van der Waals surface area contributed by atoms with E-state index >= 15 is 0 Å². The molecule has 0 spiro atoms. The molecule has 2 aromatic carbocycles. The Balaban J connectivity index is 1.59. The van der Waals surface area contributed by atoms with Crippen molar-refractivity contribution in [3.8, 4) is 5.75 Å². The molecule has 1 unspecified atom stereocenters. The van der Waals surface area contributed by atoms with Crippen molar-refractivity contribution in [2.24, 2.45) is 5.41 Å². The van der Waals surface area contributed by atoms with Crippen LogP contribution in [0, 0.1) is 5.41 Å². The van der Waals surface area contributed by atoms with Gasteiger partial charge in [-0.2, -0.15) is 4.31 Å². The number of hydrogen-bond donors (Lipinski definition) is 0. The fourth-order valence-electron chi connectivity index (χ4n) is 4.52. The van der Waals surface area contributed by atoms with E-state index in [0.29, 0.717) is 61.5 Å². The Kier molecular flexibility index (Phi) is 8.51. The third-order valence-corrected chi connectivity index (χ3v) is 9.20. The fourth-order valence-corrected chi connectivity index (χ4v) is 6.98. The van der Waals surface area contributed by atoms with Gasteiger partial charge in [-0.15, -0.1) is 0 Å². The molecule has 35 heavy (non-hydrogen) atoms. The minimum Gasteiger partial charge on any atom is -0.493 e. The molecule has 7 nitrogen and oxygen atoms in total. The predicted octanol–water partition coefficient (Wildman–Crippen LogP) is 4.75. The van der Waals surface area contributed by atoms with Crippen LogP contribution in [0.2, 0.25) is 15.1 Å². The molecule has 2 heterocycles. The summed E-state index contributed by atoms with van der Waals surface area (Å²) in [5.41, 5.74) is -0.709. The third-order valence-electron chi connectivity index (χ3n) is 6.39. The highest BCUT2D eigenvalue weighted by molar-refractivity contribution is 7.89. The largest absolute Gasteiger partial charge is 0.493 e. The molecule has 2 fully saturated rings. The summed E-state index contributed by atoms with van der Waals surface area (Å²) in [5, 5.41) is 1.01. The molecular weight excluding hydrogens is 535 g/mol. The highest BCUT2D eigenvalue weighted by Crippen LogP contribution is 2.38. The van der Waals surface area contributed by atoms with Crippen molar-refractivity contribution in [1.82, 2.24) is 9.21 Å². The third kappa shape index (κ3) is 6.42. The van der Waals surface area contributed by atoms with Crippen LogP contribution < -0.4 is 4.74 Å². The van der Waals surface area contributed by atoms with Gasteiger partial charge in [-0.05, 0) is 55.3 Å². The summed E-state index contributed by atoms with van der Waals surface area (Å²) < 4.78 is 39.9.